The van der Waals surface area contributed by atoms with Gasteiger partial charge in [-0.1, -0.05) is 0 Å². The minimum atomic E-state index is -4.77. The molecule has 18 heavy (non-hydrogen) atoms. The molecule has 1 aromatic carbocycles. The molecule has 7 heteroatoms. The molecule has 0 saturated heterocycles. The number of ether oxygens (including phenoxy) is 2. The summed E-state index contributed by atoms with van der Waals surface area (Å²) in [4.78, 5) is 11.5. The Morgan fingerprint density at radius 1 is 1.39 bits per heavy atom. The van der Waals surface area contributed by atoms with Crippen molar-refractivity contribution in [1.82, 2.24) is 0 Å². The Balaban J connectivity index is 3.00. The van der Waals surface area contributed by atoms with Crippen LogP contribution in [0.25, 0.3) is 0 Å². The van der Waals surface area contributed by atoms with Gasteiger partial charge in [0, 0.05) is 13.1 Å². The molecule has 0 aliphatic carbocycles. The fourth-order valence-corrected chi connectivity index (χ4v) is 1.31. The molecule has 0 fully saturated rings. The van der Waals surface area contributed by atoms with Crippen molar-refractivity contribution in [2.75, 3.05) is 19.0 Å². The van der Waals surface area contributed by atoms with Gasteiger partial charge in [0.1, 0.15) is 5.75 Å². The SMILES string of the molecule is CCOC(=O)c1ccc(OC(F)(F)F)cc1NC. The summed E-state index contributed by atoms with van der Waals surface area (Å²) in [5.41, 5.74) is 0.351. The molecule has 0 unspecified atom stereocenters. The number of alkyl halides is 3. The number of halogens is 3. The summed E-state index contributed by atoms with van der Waals surface area (Å²) in [5.74, 6) is -1.01. The third-order valence-electron chi connectivity index (χ3n) is 1.99. The quantitative estimate of drug-likeness (QED) is 0.848. The van der Waals surface area contributed by atoms with Gasteiger partial charge >= 0.3 is 12.3 Å². The van der Waals surface area contributed by atoms with E-state index in [1.54, 1.807) is 6.92 Å². The summed E-state index contributed by atoms with van der Waals surface area (Å²) >= 11 is 0. The Bertz CT molecular complexity index is 432. The van der Waals surface area contributed by atoms with E-state index in [9.17, 15) is 18.0 Å². The predicted octanol–water partition coefficient (Wildman–Crippen LogP) is 2.80. The van der Waals surface area contributed by atoms with E-state index in [1.807, 2.05) is 0 Å². The van der Waals surface area contributed by atoms with E-state index in [-0.39, 0.29) is 17.9 Å². The Hall–Kier alpha value is -1.92. The van der Waals surface area contributed by atoms with Crippen LogP contribution in [-0.4, -0.2) is 26.0 Å². The minimum absolute atomic E-state index is 0.147. The first-order valence-electron chi connectivity index (χ1n) is 5.12. The zero-order chi connectivity index (χ0) is 13.8. The van der Waals surface area contributed by atoms with Crippen LogP contribution in [0.1, 0.15) is 17.3 Å². The van der Waals surface area contributed by atoms with Crippen molar-refractivity contribution in [2.24, 2.45) is 0 Å². The van der Waals surface area contributed by atoms with Crippen LogP contribution >= 0.6 is 0 Å². The highest BCUT2D eigenvalue weighted by Crippen LogP contribution is 2.27. The van der Waals surface area contributed by atoms with Gasteiger partial charge in [-0.15, -0.1) is 13.2 Å². The van der Waals surface area contributed by atoms with Crippen molar-refractivity contribution in [3.8, 4) is 5.75 Å². The molecule has 0 aromatic heterocycles. The van der Waals surface area contributed by atoms with Crippen LogP contribution in [0.5, 0.6) is 5.75 Å². The highest BCUT2D eigenvalue weighted by molar-refractivity contribution is 5.96. The highest BCUT2D eigenvalue weighted by atomic mass is 19.4. The maximum atomic E-state index is 12.0. The molecule has 1 rings (SSSR count). The summed E-state index contributed by atoms with van der Waals surface area (Å²) < 4.78 is 44.6. The van der Waals surface area contributed by atoms with Gasteiger partial charge in [-0.05, 0) is 19.1 Å². The maximum Gasteiger partial charge on any atom is 0.573 e. The molecule has 0 atom stereocenters. The summed E-state index contributed by atoms with van der Waals surface area (Å²) in [6, 6.07) is 3.35. The van der Waals surface area contributed by atoms with Crippen LogP contribution in [0.4, 0.5) is 18.9 Å². The lowest BCUT2D eigenvalue weighted by atomic mass is 10.1. The van der Waals surface area contributed by atoms with Crippen molar-refractivity contribution in [3.05, 3.63) is 23.8 Å². The molecule has 0 bridgehead atoms. The Labute approximate surface area is 102 Å². The summed E-state index contributed by atoms with van der Waals surface area (Å²) in [6.07, 6.45) is -4.77. The fraction of sp³-hybridized carbons (Fsp3) is 0.364. The molecule has 0 spiro atoms. The monoisotopic (exact) mass is 263 g/mol. The standard InChI is InChI=1S/C11H12F3NO3/c1-3-17-10(16)8-5-4-7(6-9(8)15-2)18-11(12,13)14/h4-6,15H,3H2,1-2H3. The lowest BCUT2D eigenvalue weighted by molar-refractivity contribution is -0.274. The number of esters is 1. The Morgan fingerprint density at radius 2 is 2.06 bits per heavy atom. The number of nitrogens with one attached hydrogen (secondary N) is 1. The van der Waals surface area contributed by atoms with E-state index in [1.165, 1.54) is 13.1 Å². The molecule has 0 radical (unpaired) electrons. The second-order valence-corrected chi connectivity index (χ2v) is 3.23. The number of carbonyl (C=O) groups excluding carboxylic acids is 1. The Kier molecular flexibility index (Phi) is 4.41. The molecule has 1 N–H and O–H groups in total. The molecule has 100 valence electrons. The number of benzene rings is 1. The molecule has 0 aliphatic heterocycles. The molecule has 0 amide bonds. The molecule has 4 nitrogen and oxygen atoms in total. The zero-order valence-electron chi connectivity index (χ0n) is 9.80. The summed E-state index contributed by atoms with van der Waals surface area (Å²) in [7, 11) is 1.48. The van der Waals surface area contributed by atoms with Gasteiger partial charge in [0.2, 0.25) is 0 Å². The second-order valence-electron chi connectivity index (χ2n) is 3.23. The summed E-state index contributed by atoms with van der Waals surface area (Å²) in [6.45, 7) is 1.82. The van der Waals surface area contributed by atoms with Crippen LogP contribution in [0.3, 0.4) is 0 Å². The largest absolute Gasteiger partial charge is 0.573 e. The molecule has 0 aliphatic rings. The number of hydrogen-bond donors (Lipinski definition) is 1. The molecule has 1 aromatic rings. The second kappa shape index (κ2) is 5.61. The van der Waals surface area contributed by atoms with Crippen molar-refractivity contribution < 1.29 is 27.4 Å². The first-order valence-corrected chi connectivity index (χ1v) is 5.12. The topological polar surface area (TPSA) is 47.6 Å². The lowest BCUT2D eigenvalue weighted by Crippen LogP contribution is -2.17. The van der Waals surface area contributed by atoms with Gasteiger partial charge in [-0.2, -0.15) is 0 Å². The predicted molar refractivity (Wildman–Crippen MR) is 58.6 cm³/mol. The normalized spacial score (nSPS) is 10.9. The van der Waals surface area contributed by atoms with Gasteiger partial charge in [0.25, 0.3) is 0 Å². The fourth-order valence-electron chi connectivity index (χ4n) is 1.31. The molecule has 0 heterocycles. The van der Waals surface area contributed by atoms with Gasteiger partial charge in [-0.25, -0.2) is 4.79 Å². The van der Waals surface area contributed by atoms with Crippen molar-refractivity contribution in [3.63, 3.8) is 0 Å². The lowest BCUT2D eigenvalue weighted by Gasteiger charge is -2.12. The first-order chi connectivity index (χ1) is 8.37. The highest BCUT2D eigenvalue weighted by Gasteiger charge is 2.31. The van der Waals surface area contributed by atoms with E-state index in [0.717, 1.165) is 12.1 Å². The van der Waals surface area contributed by atoms with Crippen LogP contribution in [0.15, 0.2) is 18.2 Å². The van der Waals surface area contributed by atoms with Crippen molar-refractivity contribution in [1.29, 1.82) is 0 Å². The van der Waals surface area contributed by atoms with Crippen LogP contribution in [0, 0.1) is 0 Å². The zero-order valence-corrected chi connectivity index (χ0v) is 9.80. The Morgan fingerprint density at radius 3 is 2.56 bits per heavy atom. The van der Waals surface area contributed by atoms with E-state index >= 15 is 0 Å². The molecule has 0 saturated carbocycles. The first kappa shape index (κ1) is 14.1. The minimum Gasteiger partial charge on any atom is -0.462 e. The van der Waals surface area contributed by atoms with Gasteiger partial charge in [-0.3, -0.25) is 0 Å². The molecular weight excluding hydrogens is 251 g/mol. The number of carbonyl (C=O) groups is 1. The summed E-state index contributed by atoms with van der Waals surface area (Å²) in [5, 5.41) is 2.61. The van der Waals surface area contributed by atoms with Gasteiger partial charge in [0.05, 0.1) is 17.9 Å². The third kappa shape index (κ3) is 3.83. The van der Waals surface area contributed by atoms with E-state index < -0.39 is 18.1 Å². The van der Waals surface area contributed by atoms with E-state index in [0.29, 0.717) is 0 Å². The number of rotatable bonds is 4. The average Bonchev–Trinajstić information content (AvgIpc) is 2.27. The van der Waals surface area contributed by atoms with Gasteiger partial charge < -0.3 is 14.8 Å². The van der Waals surface area contributed by atoms with E-state index in [4.69, 9.17) is 4.74 Å². The smallest absolute Gasteiger partial charge is 0.462 e. The van der Waals surface area contributed by atoms with Crippen molar-refractivity contribution in [2.45, 2.75) is 13.3 Å². The van der Waals surface area contributed by atoms with E-state index in [2.05, 4.69) is 10.1 Å². The number of anilines is 1. The third-order valence-corrected chi connectivity index (χ3v) is 1.99. The van der Waals surface area contributed by atoms with Crippen LogP contribution < -0.4 is 10.1 Å². The molecular formula is C11H12F3NO3. The van der Waals surface area contributed by atoms with Crippen molar-refractivity contribution >= 4 is 11.7 Å². The average molecular weight is 263 g/mol. The maximum absolute atomic E-state index is 12.0. The van der Waals surface area contributed by atoms with Gasteiger partial charge in [0.15, 0.2) is 0 Å². The van der Waals surface area contributed by atoms with Crippen LogP contribution in [-0.2, 0) is 4.74 Å². The van der Waals surface area contributed by atoms with Crippen LogP contribution in [0.2, 0.25) is 0 Å². The number of hydrogen-bond acceptors (Lipinski definition) is 4.